The lowest BCUT2D eigenvalue weighted by molar-refractivity contribution is 0.402. The highest BCUT2D eigenvalue weighted by molar-refractivity contribution is 9.10. The fourth-order valence-corrected chi connectivity index (χ4v) is 4.19. The van der Waals surface area contributed by atoms with Gasteiger partial charge < -0.3 is 4.74 Å². The van der Waals surface area contributed by atoms with Crippen LogP contribution in [0.5, 0.6) is 5.75 Å². The number of fused-ring (bicyclic) bond motifs is 1. The van der Waals surface area contributed by atoms with Crippen molar-refractivity contribution in [3.05, 3.63) is 70.7 Å². The van der Waals surface area contributed by atoms with Crippen LogP contribution in [0.1, 0.15) is 5.56 Å². The maximum Gasteiger partial charge on any atom is 0.244 e. The van der Waals surface area contributed by atoms with Crippen molar-refractivity contribution in [2.75, 3.05) is 7.11 Å². The van der Waals surface area contributed by atoms with E-state index in [1.54, 1.807) is 12.1 Å². The second kappa shape index (κ2) is 6.93. The van der Waals surface area contributed by atoms with Crippen LogP contribution in [0.15, 0.2) is 70.0 Å². The Labute approximate surface area is 149 Å². The van der Waals surface area contributed by atoms with Crippen LogP contribution in [-0.4, -0.2) is 15.5 Å². The number of rotatable bonds is 5. The van der Waals surface area contributed by atoms with E-state index >= 15 is 0 Å². The molecule has 24 heavy (non-hydrogen) atoms. The van der Waals surface area contributed by atoms with Crippen molar-refractivity contribution >= 4 is 36.7 Å². The van der Waals surface area contributed by atoms with E-state index in [9.17, 15) is 8.42 Å². The minimum absolute atomic E-state index is 0.111. The molecule has 0 radical (unpaired) electrons. The van der Waals surface area contributed by atoms with Gasteiger partial charge in [-0.25, -0.2) is 13.1 Å². The van der Waals surface area contributed by atoms with Gasteiger partial charge in [-0.1, -0.05) is 52.3 Å². The van der Waals surface area contributed by atoms with Crippen molar-refractivity contribution < 1.29 is 13.2 Å². The van der Waals surface area contributed by atoms with Crippen LogP contribution in [-0.2, 0) is 16.6 Å². The Morgan fingerprint density at radius 2 is 1.75 bits per heavy atom. The molecule has 0 spiro atoms. The van der Waals surface area contributed by atoms with Gasteiger partial charge in [-0.3, -0.25) is 0 Å². The minimum Gasteiger partial charge on any atom is -0.495 e. The molecule has 0 fully saturated rings. The topological polar surface area (TPSA) is 55.4 Å². The maximum absolute atomic E-state index is 12.6. The Morgan fingerprint density at radius 3 is 2.50 bits per heavy atom. The highest BCUT2D eigenvalue weighted by atomic mass is 79.9. The summed E-state index contributed by atoms with van der Waals surface area (Å²) in [5, 5.41) is 2.20. The van der Waals surface area contributed by atoms with Crippen molar-refractivity contribution in [3.8, 4) is 5.75 Å². The van der Waals surface area contributed by atoms with Gasteiger partial charge in [0.25, 0.3) is 0 Å². The van der Waals surface area contributed by atoms with Gasteiger partial charge in [0, 0.05) is 11.0 Å². The molecule has 0 aliphatic carbocycles. The summed E-state index contributed by atoms with van der Waals surface area (Å²) in [5.74, 6) is 0.309. The van der Waals surface area contributed by atoms with Gasteiger partial charge in [-0.15, -0.1) is 0 Å². The lowest BCUT2D eigenvalue weighted by atomic mass is 10.1. The van der Waals surface area contributed by atoms with E-state index in [1.165, 1.54) is 13.2 Å². The third-order valence-electron chi connectivity index (χ3n) is 3.70. The SMILES string of the molecule is COc1ccc(Br)cc1S(=O)(=O)NCc1ccc2ccccc2c1. The molecular formula is C18H16BrNO3S. The predicted octanol–water partition coefficient (Wildman–Crippen LogP) is 4.09. The Bertz CT molecular complexity index is 986. The van der Waals surface area contributed by atoms with Crippen LogP contribution in [0, 0.1) is 0 Å². The van der Waals surface area contributed by atoms with Gasteiger partial charge in [-0.05, 0) is 40.6 Å². The second-order valence-corrected chi connectivity index (χ2v) is 7.95. The molecule has 3 rings (SSSR count). The molecule has 0 aliphatic heterocycles. The first-order valence-electron chi connectivity index (χ1n) is 7.30. The molecule has 0 bridgehead atoms. The fraction of sp³-hybridized carbons (Fsp3) is 0.111. The van der Waals surface area contributed by atoms with Crippen molar-refractivity contribution in [3.63, 3.8) is 0 Å². The van der Waals surface area contributed by atoms with Crippen LogP contribution in [0.2, 0.25) is 0 Å². The van der Waals surface area contributed by atoms with Gasteiger partial charge in [0.2, 0.25) is 10.0 Å². The first-order chi connectivity index (χ1) is 11.5. The smallest absolute Gasteiger partial charge is 0.244 e. The van der Waals surface area contributed by atoms with Gasteiger partial charge in [-0.2, -0.15) is 0 Å². The zero-order chi connectivity index (χ0) is 17.2. The average Bonchev–Trinajstić information content (AvgIpc) is 2.60. The molecule has 6 heteroatoms. The molecule has 0 aliphatic rings. The zero-order valence-corrected chi connectivity index (χ0v) is 15.4. The van der Waals surface area contributed by atoms with Crippen LogP contribution in [0.3, 0.4) is 0 Å². The number of nitrogens with one attached hydrogen (secondary N) is 1. The molecule has 0 heterocycles. The van der Waals surface area contributed by atoms with Gasteiger partial charge in [0.1, 0.15) is 10.6 Å². The Hall–Kier alpha value is -1.89. The van der Waals surface area contributed by atoms with E-state index in [-0.39, 0.29) is 11.4 Å². The molecule has 3 aromatic carbocycles. The predicted molar refractivity (Wildman–Crippen MR) is 98.7 cm³/mol. The first-order valence-corrected chi connectivity index (χ1v) is 9.58. The van der Waals surface area contributed by atoms with Crippen molar-refractivity contribution in [1.82, 2.24) is 4.72 Å². The van der Waals surface area contributed by atoms with Gasteiger partial charge in [0.15, 0.2) is 0 Å². The third kappa shape index (κ3) is 3.61. The molecule has 124 valence electrons. The van der Waals surface area contributed by atoms with E-state index < -0.39 is 10.0 Å². The van der Waals surface area contributed by atoms with Crippen LogP contribution < -0.4 is 9.46 Å². The van der Waals surface area contributed by atoms with Crippen molar-refractivity contribution in [2.45, 2.75) is 11.4 Å². The summed E-state index contributed by atoms with van der Waals surface area (Å²) in [4.78, 5) is 0.111. The Kier molecular flexibility index (Phi) is 4.89. The molecule has 0 saturated heterocycles. The number of hydrogen-bond acceptors (Lipinski definition) is 3. The summed E-state index contributed by atoms with van der Waals surface area (Å²) in [6, 6.07) is 18.7. The molecule has 0 atom stereocenters. The lowest BCUT2D eigenvalue weighted by Gasteiger charge is -2.11. The highest BCUT2D eigenvalue weighted by Gasteiger charge is 2.19. The maximum atomic E-state index is 12.6. The molecule has 0 unspecified atom stereocenters. The van der Waals surface area contributed by atoms with Crippen LogP contribution >= 0.6 is 15.9 Å². The number of ether oxygens (including phenoxy) is 1. The number of benzene rings is 3. The van der Waals surface area contributed by atoms with Crippen LogP contribution in [0.4, 0.5) is 0 Å². The number of hydrogen-bond donors (Lipinski definition) is 1. The van der Waals surface area contributed by atoms with Crippen molar-refractivity contribution in [2.24, 2.45) is 0 Å². The quantitative estimate of drug-likeness (QED) is 0.695. The van der Waals surface area contributed by atoms with Gasteiger partial charge >= 0.3 is 0 Å². The second-order valence-electron chi connectivity index (χ2n) is 5.30. The number of halogens is 1. The first kappa shape index (κ1) is 17.0. The Balaban J connectivity index is 1.85. The summed E-state index contributed by atoms with van der Waals surface area (Å²) >= 11 is 3.29. The summed E-state index contributed by atoms with van der Waals surface area (Å²) in [6.45, 7) is 0.211. The molecular weight excluding hydrogens is 390 g/mol. The standard InChI is InChI=1S/C18H16BrNO3S/c1-23-17-9-8-16(19)11-18(17)24(21,22)20-12-13-6-7-14-4-2-3-5-15(14)10-13/h2-11,20H,12H2,1H3. The number of methoxy groups -OCH3 is 1. The summed E-state index contributed by atoms with van der Waals surface area (Å²) < 4.78 is 33.6. The van der Waals surface area contributed by atoms with Crippen molar-refractivity contribution in [1.29, 1.82) is 0 Å². The molecule has 3 aromatic rings. The molecule has 0 amide bonds. The summed E-state index contributed by atoms with van der Waals surface area (Å²) in [6.07, 6.45) is 0. The van der Waals surface area contributed by atoms with Gasteiger partial charge in [0.05, 0.1) is 7.11 Å². The van der Waals surface area contributed by atoms with E-state index in [1.807, 2.05) is 42.5 Å². The molecule has 0 aromatic heterocycles. The minimum atomic E-state index is -3.68. The normalized spacial score (nSPS) is 11.6. The summed E-state index contributed by atoms with van der Waals surface area (Å²) in [5.41, 5.74) is 0.895. The third-order valence-corrected chi connectivity index (χ3v) is 5.61. The molecule has 0 saturated carbocycles. The summed E-state index contributed by atoms with van der Waals surface area (Å²) in [7, 11) is -2.23. The Morgan fingerprint density at radius 1 is 1.00 bits per heavy atom. The fourth-order valence-electron chi connectivity index (χ4n) is 2.47. The monoisotopic (exact) mass is 405 g/mol. The largest absolute Gasteiger partial charge is 0.495 e. The van der Waals surface area contributed by atoms with E-state index in [2.05, 4.69) is 20.7 Å². The zero-order valence-electron chi connectivity index (χ0n) is 13.0. The van der Waals surface area contributed by atoms with E-state index in [4.69, 9.17) is 4.74 Å². The molecule has 1 N–H and O–H groups in total. The van der Waals surface area contributed by atoms with E-state index in [0.717, 1.165) is 16.3 Å². The molecule has 4 nitrogen and oxygen atoms in total. The van der Waals surface area contributed by atoms with Crippen LogP contribution in [0.25, 0.3) is 10.8 Å². The van der Waals surface area contributed by atoms with E-state index in [0.29, 0.717) is 10.2 Å². The lowest BCUT2D eigenvalue weighted by Crippen LogP contribution is -2.23. The highest BCUT2D eigenvalue weighted by Crippen LogP contribution is 2.27. The number of sulfonamides is 1. The average molecular weight is 406 g/mol.